The summed E-state index contributed by atoms with van der Waals surface area (Å²) in [6, 6.07) is 5.71. The van der Waals surface area contributed by atoms with E-state index in [2.05, 4.69) is 15.2 Å². The van der Waals surface area contributed by atoms with Gasteiger partial charge in [0, 0.05) is 13.2 Å². The molecule has 1 aromatic rings. The third-order valence-electron chi connectivity index (χ3n) is 2.40. The van der Waals surface area contributed by atoms with Crippen molar-refractivity contribution in [2.45, 2.75) is 19.6 Å². The summed E-state index contributed by atoms with van der Waals surface area (Å²) in [4.78, 5) is 16.3. The zero-order valence-electron chi connectivity index (χ0n) is 12.3. The molecule has 1 N–H and O–H groups in total. The first-order chi connectivity index (χ1) is 10.5. The van der Waals surface area contributed by atoms with E-state index in [0.29, 0.717) is 12.2 Å². The Morgan fingerprint density at radius 2 is 2.05 bits per heavy atom. The number of nitrogens with zero attached hydrogens (tertiary/aromatic N) is 1. The summed E-state index contributed by atoms with van der Waals surface area (Å²) in [5, 5.41) is 6.27. The average molecular weight is 316 g/mol. The van der Waals surface area contributed by atoms with E-state index in [9.17, 15) is 13.6 Å². The Kier molecular flexibility index (Phi) is 7.84. The lowest BCUT2D eigenvalue weighted by atomic mass is 10.2. The molecule has 0 radical (unpaired) electrons. The van der Waals surface area contributed by atoms with Gasteiger partial charge in [0.1, 0.15) is 5.75 Å². The molecule has 0 aliphatic carbocycles. The Bertz CT molecular complexity index is 480. The number of halogens is 2. The number of hydrogen-bond acceptors (Lipinski definition) is 5. The monoisotopic (exact) mass is 316 g/mol. The van der Waals surface area contributed by atoms with Crippen LogP contribution in [0, 0.1) is 0 Å². The van der Waals surface area contributed by atoms with Gasteiger partial charge in [-0.25, -0.2) is 0 Å². The van der Waals surface area contributed by atoms with Crippen molar-refractivity contribution in [1.82, 2.24) is 5.32 Å². The second kappa shape index (κ2) is 9.67. The van der Waals surface area contributed by atoms with Crippen LogP contribution >= 0.6 is 0 Å². The first kappa shape index (κ1) is 17.8. The summed E-state index contributed by atoms with van der Waals surface area (Å²) in [5.74, 6) is -0.262. The second-order valence-electron chi connectivity index (χ2n) is 4.38. The number of ether oxygens (including phenoxy) is 2. The van der Waals surface area contributed by atoms with Gasteiger partial charge in [-0.3, -0.25) is 4.79 Å². The van der Waals surface area contributed by atoms with Gasteiger partial charge in [-0.05, 0) is 36.8 Å². The Hall–Kier alpha value is -2.22. The molecule has 0 spiro atoms. The Morgan fingerprint density at radius 3 is 2.64 bits per heavy atom. The molecule has 1 aromatic carbocycles. The van der Waals surface area contributed by atoms with Gasteiger partial charge in [0.25, 0.3) is 5.91 Å². The molecule has 1 atom stereocenters. The number of amides is 1. The molecule has 0 unspecified atom stereocenters. The smallest absolute Gasteiger partial charge is 0.387 e. The molecule has 0 aliphatic heterocycles. The Balaban J connectivity index is 2.32. The lowest BCUT2D eigenvalue weighted by Gasteiger charge is -2.11. The van der Waals surface area contributed by atoms with Gasteiger partial charge in [-0.2, -0.15) is 8.78 Å². The van der Waals surface area contributed by atoms with Gasteiger partial charge in [0.2, 0.25) is 0 Å². The third-order valence-corrected chi connectivity index (χ3v) is 2.40. The van der Waals surface area contributed by atoms with E-state index < -0.39 is 6.61 Å². The summed E-state index contributed by atoms with van der Waals surface area (Å²) in [7, 11) is 1.54. The van der Waals surface area contributed by atoms with Gasteiger partial charge >= 0.3 is 6.61 Å². The number of rotatable bonds is 9. The number of methoxy groups -OCH3 is 1. The normalized spacial score (nSPS) is 12.4. The van der Waals surface area contributed by atoms with Crippen molar-refractivity contribution >= 4 is 12.1 Å². The van der Waals surface area contributed by atoms with Crippen LogP contribution in [0.4, 0.5) is 8.78 Å². The predicted molar refractivity (Wildman–Crippen MR) is 76.1 cm³/mol. The Labute approximate surface area is 127 Å². The molecule has 0 saturated carbocycles. The van der Waals surface area contributed by atoms with Crippen molar-refractivity contribution < 1.29 is 27.9 Å². The summed E-state index contributed by atoms with van der Waals surface area (Å²) >= 11 is 0. The molecule has 0 bridgehead atoms. The van der Waals surface area contributed by atoms with Crippen LogP contribution in [0.15, 0.2) is 29.4 Å². The standard InChI is InChI=1S/C14H18F2N2O4/c1-10(8-20-2)18-13(19)9-21-17-7-11-3-5-12(6-4-11)22-14(15)16/h3-7,10,14H,8-9H2,1-2H3,(H,18,19)/b17-7-/t10-/m1/s1. The van der Waals surface area contributed by atoms with Crippen molar-refractivity contribution in [2.24, 2.45) is 5.16 Å². The number of hydrogen-bond donors (Lipinski definition) is 1. The summed E-state index contributed by atoms with van der Waals surface area (Å²) < 4.78 is 33.0. The first-order valence-corrected chi connectivity index (χ1v) is 6.49. The van der Waals surface area contributed by atoms with Crippen LogP contribution in [0.5, 0.6) is 5.75 Å². The molecule has 8 heteroatoms. The zero-order chi connectivity index (χ0) is 16.4. The van der Waals surface area contributed by atoms with Crippen molar-refractivity contribution in [3.8, 4) is 5.75 Å². The summed E-state index contributed by atoms with van der Waals surface area (Å²) in [6.07, 6.45) is 1.36. The SMILES string of the molecule is COC[C@@H](C)NC(=O)CO/N=C\c1ccc(OC(F)F)cc1. The molecule has 122 valence electrons. The van der Waals surface area contributed by atoms with Crippen LogP contribution in [0.2, 0.25) is 0 Å². The van der Waals surface area contributed by atoms with Gasteiger partial charge in [0.05, 0.1) is 12.8 Å². The van der Waals surface area contributed by atoms with E-state index in [1.54, 1.807) is 14.0 Å². The lowest BCUT2D eigenvalue weighted by Crippen LogP contribution is -2.37. The largest absolute Gasteiger partial charge is 0.435 e. The molecular weight excluding hydrogens is 298 g/mol. The highest BCUT2D eigenvalue weighted by Crippen LogP contribution is 2.13. The highest BCUT2D eigenvalue weighted by Gasteiger charge is 2.06. The fourth-order valence-corrected chi connectivity index (χ4v) is 1.54. The minimum atomic E-state index is -2.86. The van der Waals surface area contributed by atoms with E-state index in [-0.39, 0.29) is 24.3 Å². The van der Waals surface area contributed by atoms with Crippen LogP contribution in [-0.2, 0) is 14.4 Å². The number of alkyl halides is 2. The fraction of sp³-hybridized carbons (Fsp3) is 0.429. The number of nitrogens with one attached hydrogen (secondary N) is 1. The molecule has 0 fully saturated rings. The quantitative estimate of drug-likeness (QED) is 0.557. The first-order valence-electron chi connectivity index (χ1n) is 6.49. The molecule has 0 aromatic heterocycles. The van der Waals surface area contributed by atoms with Crippen LogP contribution in [0.1, 0.15) is 12.5 Å². The molecule has 6 nitrogen and oxygen atoms in total. The van der Waals surface area contributed by atoms with E-state index in [1.165, 1.54) is 30.5 Å². The maximum Gasteiger partial charge on any atom is 0.387 e. The van der Waals surface area contributed by atoms with Crippen LogP contribution in [0.3, 0.4) is 0 Å². The van der Waals surface area contributed by atoms with Crippen LogP contribution in [0.25, 0.3) is 0 Å². The van der Waals surface area contributed by atoms with E-state index in [4.69, 9.17) is 9.57 Å². The molecular formula is C14H18F2N2O4. The van der Waals surface area contributed by atoms with Gasteiger partial charge in [-0.1, -0.05) is 5.16 Å². The van der Waals surface area contributed by atoms with Crippen molar-refractivity contribution in [1.29, 1.82) is 0 Å². The van der Waals surface area contributed by atoms with Gasteiger partial charge < -0.3 is 19.6 Å². The highest BCUT2D eigenvalue weighted by molar-refractivity contribution is 5.80. The van der Waals surface area contributed by atoms with Crippen molar-refractivity contribution in [3.05, 3.63) is 29.8 Å². The van der Waals surface area contributed by atoms with E-state index in [1.807, 2.05) is 0 Å². The average Bonchev–Trinajstić information content (AvgIpc) is 2.45. The van der Waals surface area contributed by atoms with Gasteiger partial charge in [0.15, 0.2) is 6.61 Å². The third kappa shape index (κ3) is 7.53. The van der Waals surface area contributed by atoms with Crippen LogP contribution < -0.4 is 10.1 Å². The van der Waals surface area contributed by atoms with Gasteiger partial charge in [-0.15, -0.1) is 0 Å². The van der Waals surface area contributed by atoms with E-state index >= 15 is 0 Å². The number of carbonyl (C=O) groups is 1. The Morgan fingerprint density at radius 1 is 1.36 bits per heavy atom. The minimum Gasteiger partial charge on any atom is -0.435 e. The maximum atomic E-state index is 12.0. The molecule has 22 heavy (non-hydrogen) atoms. The molecule has 0 heterocycles. The zero-order valence-corrected chi connectivity index (χ0v) is 12.3. The molecule has 0 saturated heterocycles. The van der Waals surface area contributed by atoms with Crippen molar-refractivity contribution in [3.63, 3.8) is 0 Å². The highest BCUT2D eigenvalue weighted by atomic mass is 19.3. The number of benzene rings is 1. The number of carbonyl (C=O) groups excluding carboxylic acids is 1. The maximum absolute atomic E-state index is 12.0. The predicted octanol–water partition coefficient (Wildman–Crippen LogP) is 1.79. The minimum absolute atomic E-state index is 0.0552. The van der Waals surface area contributed by atoms with Crippen LogP contribution in [-0.4, -0.2) is 45.1 Å². The molecule has 1 rings (SSSR count). The second-order valence-corrected chi connectivity index (χ2v) is 4.38. The number of oxime groups is 1. The summed E-state index contributed by atoms with van der Waals surface area (Å²) in [5.41, 5.74) is 0.620. The van der Waals surface area contributed by atoms with E-state index in [0.717, 1.165) is 0 Å². The topological polar surface area (TPSA) is 69.2 Å². The lowest BCUT2D eigenvalue weighted by molar-refractivity contribution is -0.126. The molecule has 1 amide bonds. The molecule has 0 aliphatic rings. The summed E-state index contributed by atoms with van der Waals surface area (Å²) in [6.45, 7) is -0.880. The fourth-order valence-electron chi connectivity index (χ4n) is 1.54. The van der Waals surface area contributed by atoms with Crippen molar-refractivity contribution in [2.75, 3.05) is 20.3 Å².